The van der Waals surface area contributed by atoms with Gasteiger partial charge in [0.15, 0.2) is 0 Å². The SMILES string of the molecule is Cc1cc(CS(=O)(=O)NCC(C(C)C)C(C)C)no1. The molecule has 1 aromatic heterocycles. The molecule has 0 aliphatic carbocycles. The third kappa shape index (κ3) is 5.32. The second-order valence-electron chi connectivity index (χ2n) is 5.69. The van der Waals surface area contributed by atoms with Crippen molar-refractivity contribution in [2.75, 3.05) is 6.54 Å². The van der Waals surface area contributed by atoms with Crippen molar-refractivity contribution < 1.29 is 12.9 Å². The van der Waals surface area contributed by atoms with Gasteiger partial charge in [-0.05, 0) is 24.7 Å². The fourth-order valence-corrected chi connectivity index (χ4v) is 3.27. The summed E-state index contributed by atoms with van der Waals surface area (Å²) >= 11 is 0. The summed E-state index contributed by atoms with van der Waals surface area (Å²) in [5.41, 5.74) is 0.440. The van der Waals surface area contributed by atoms with E-state index >= 15 is 0 Å². The van der Waals surface area contributed by atoms with Gasteiger partial charge in [-0.3, -0.25) is 0 Å². The largest absolute Gasteiger partial charge is 0.361 e. The highest BCUT2D eigenvalue weighted by Gasteiger charge is 2.21. The lowest BCUT2D eigenvalue weighted by molar-refractivity contribution is 0.289. The summed E-state index contributed by atoms with van der Waals surface area (Å²) in [6, 6.07) is 1.64. The maximum Gasteiger partial charge on any atom is 0.217 e. The van der Waals surface area contributed by atoms with E-state index in [1.807, 2.05) is 0 Å². The number of aromatic nitrogens is 1. The fourth-order valence-electron chi connectivity index (χ4n) is 2.20. The highest BCUT2D eigenvalue weighted by Crippen LogP contribution is 2.19. The summed E-state index contributed by atoms with van der Waals surface area (Å²) in [4.78, 5) is 0. The van der Waals surface area contributed by atoms with Crippen LogP contribution in [0.1, 0.15) is 39.1 Å². The zero-order valence-electron chi connectivity index (χ0n) is 12.3. The third-order valence-electron chi connectivity index (χ3n) is 3.27. The molecule has 0 unspecified atom stereocenters. The molecule has 0 atom stereocenters. The predicted molar refractivity (Wildman–Crippen MR) is 75.0 cm³/mol. The number of nitrogens with zero attached hydrogens (tertiary/aromatic N) is 1. The first-order valence-corrected chi connectivity index (χ1v) is 8.26. The van der Waals surface area contributed by atoms with Crippen molar-refractivity contribution in [2.45, 2.75) is 40.4 Å². The molecule has 1 rings (SSSR count). The molecule has 0 fully saturated rings. The van der Waals surface area contributed by atoms with Crippen LogP contribution >= 0.6 is 0 Å². The van der Waals surface area contributed by atoms with E-state index in [0.29, 0.717) is 35.8 Å². The molecule has 0 amide bonds. The number of aryl methyl sites for hydroxylation is 1. The van der Waals surface area contributed by atoms with Gasteiger partial charge in [0.05, 0.1) is 0 Å². The van der Waals surface area contributed by atoms with Crippen molar-refractivity contribution >= 4 is 10.0 Å². The molecule has 0 bridgehead atoms. The zero-order valence-corrected chi connectivity index (χ0v) is 13.1. The number of rotatable bonds is 7. The van der Waals surface area contributed by atoms with Crippen LogP contribution in [0.15, 0.2) is 10.6 Å². The van der Waals surface area contributed by atoms with Crippen molar-refractivity contribution in [3.8, 4) is 0 Å². The average Bonchev–Trinajstić information content (AvgIpc) is 2.61. The summed E-state index contributed by atoms with van der Waals surface area (Å²) in [7, 11) is -3.36. The second-order valence-corrected chi connectivity index (χ2v) is 7.50. The minimum absolute atomic E-state index is 0.132. The molecule has 0 radical (unpaired) electrons. The van der Waals surface area contributed by atoms with Crippen LogP contribution in [-0.2, 0) is 15.8 Å². The monoisotopic (exact) mass is 288 g/mol. The Labute approximate surface area is 115 Å². The van der Waals surface area contributed by atoms with E-state index in [0.717, 1.165) is 0 Å². The average molecular weight is 288 g/mol. The lowest BCUT2D eigenvalue weighted by atomic mass is 9.86. The fraction of sp³-hybridized carbons (Fsp3) is 0.769. The van der Waals surface area contributed by atoms with Gasteiger partial charge < -0.3 is 4.52 Å². The van der Waals surface area contributed by atoms with E-state index < -0.39 is 10.0 Å². The number of hydrogen-bond donors (Lipinski definition) is 1. The van der Waals surface area contributed by atoms with Gasteiger partial charge in [0.1, 0.15) is 17.2 Å². The van der Waals surface area contributed by atoms with Gasteiger partial charge in [0, 0.05) is 12.6 Å². The van der Waals surface area contributed by atoms with Crippen LogP contribution < -0.4 is 4.72 Å². The summed E-state index contributed by atoms with van der Waals surface area (Å²) < 4.78 is 31.5. The highest BCUT2D eigenvalue weighted by molar-refractivity contribution is 7.88. The normalized spacial score (nSPS) is 12.8. The topological polar surface area (TPSA) is 72.2 Å². The van der Waals surface area contributed by atoms with E-state index in [1.165, 1.54) is 0 Å². The molecule has 0 aliphatic rings. The first kappa shape index (κ1) is 16.2. The van der Waals surface area contributed by atoms with Gasteiger partial charge in [-0.2, -0.15) is 0 Å². The van der Waals surface area contributed by atoms with Gasteiger partial charge in [-0.15, -0.1) is 0 Å². The lowest BCUT2D eigenvalue weighted by Gasteiger charge is -2.24. The molecule has 19 heavy (non-hydrogen) atoms. The summed E-state index contributed by atoms with van der Waals surface area (Å²) in [5, 5.41) is 3.70. The molecule has 1 N–H and O–H groups in total. The van der Waals surface area contributed by atoms with Crippen molar-refractivity contribution in [3.63, 3.8) is 0 Å². The van der Waals surface area contributed by atoms with Gasteiger partial charge in [0.2, 0.25) is 10.0 Å². The Bertz CT molecular complexity index is 484. The van der Waals surface area contributed by atoms with E-state index in [-0.39, 0.29) is 5.75 Å². The maximum absolute atomic E-state index is 12.0. The van der Waals surface area contributed by atoms with Gasteiger partial charge in [-0.25, -0.2) is 13.1 Å². The maximum atomic E-state index is 12.0. The molecule has 0 aromatic carbocycles. The smallest absolute Gasteiger partial charge is 0.217 e. The van der Waals surface area contributed by atoms with Crippen LogP contribution in [0.4, 0.5) is 0 Å². The number of hydrogen-bond acceptors (Lipinski definition) is 4. The number of sulfonamides is 1. The van der Waals surface area contributed by atoms with Gasteiger partial charge >= 0.3 is 0 Å². The van der Waals surface area contributed by atoms with Crippen molar-refractivity contribution in [2.24, 2.45) is 17.8 Å². The molecule has 1 aromatic rings. The lowest BCUT2D eigenvalue weighted by Crippen LogP contribution is -2.34. The van der Waals surface area contributed by atoms with Crippen LogP contribution in [0.25, 0.3) is 0 Å². The Balaban J connectivity index is 2.60. The Morgan fingerprint density at radius 1 is 1.26 bits per heavy atom. The molecular formula is C13H24N2O3S. The summed E-state index contributed by atoms with van der Waals surface area (Å²) in [5.74, 6) is 1.70. The van der Waals surface area contributed by atoms with Crippen LogP contribution in [0.2, 0.25) is 0 Å². The quantitative estimate of drug-likeness (QED) is 0.836. The van der Waals surface area contributed by atoms with E-state index in [4.69, 9.17) is 4.52 Å². The summed E-state index contributed by atoms with van der Waals surface area (Å²) in [6.07, 6.45) is 0. The minimum atomic E-state index is -3.36. The molecule has 5 nitrogen and oxygen atoms in total. The van der Waals surface area contributed by atoms with E-state index in [9.17, 15) is 8.42 Å². The van der Waals surface area contributed by atoms with E-state index in [1.54, 1.807) is 13.0 Å². The van der Waals surface area contributed by atoms with Crippen LogP contribution in [0.5, 0.6) is 0 Å². The summed E-state index contributed by atoms with van der Waals surface area (Å²) in [6.45, 7) is 10.7. The third-order valence-corrected chi connectivity index (χ3v) is 4.55. The minimum Gasteiger partial charge on any atom is -0.361 e. The molecule has 0 saturated heterocycles. The first-order chi connectivity index (χ1) is 8.71. The molecular weight excluding hydrogens is 264 g/mol. The Hall–Kier alpha value is -0.880. The van der Waals surface area contributed by atoms with Crippen LogP contribution in [-0.4, -0.2) is 20.1 Å². The van der Waals surface area contributed by atoms with Crippen molar-refractivity contribution in [1.82, 2.24) is 9.88 Å². The molecule has 0 aliphatic heterocycles. The zero-order chi connectivity index (χ0) is 14.6. The molecule has 1 heterocycles. The standard InChI is InChI=1S/C13H24N2O3S/c1-9(2)13(10(3)4)7-14-19(16,17)8-12-6-11(5)18-15-12/h6,9-10,13-14H,7-8H2,1-5H3. The molecule has 0 spiro atoms. The Morgan fingerprint density at radius 2 is 1.84 bits per heavy atom. The molecule has 0 saturated carbocycles. The Morgan fingerprint density at radius 3 is 2.26 bits per heavy atom. The van der Waals surface area contributed by atoms with Gasteiger partial charge in [-0.1, -0.05) is 32.9 Å². The second kappa shape index (κ2) is 6.52. The van der Waals surface area contributed by atoms with E-state index in [2.05, 4.69) is 37.6 Å². The van der Waals surface area contributed by atoms with Crippen LogP contribution in [0, 0.1) is 24.7 Å². The number of nitrogens with one attached hydrogen (secondary N) is 1. The molecule has 110 valence electrons. The Kier molecular flexibility index (Phi) is 5.55. The van der Waals surface area contributed by atoms with Crippen molar-refractivity contribution in [3.05, 3.63) is 17.5 Å². The predicted octanol–water partition coefficient (Wildman–Crippen LogP) is 2.33. The molecule has 6 heteroatoms. The first-order valence-electron chi connectivity index (χ1n) is 6.61. The van der Waals surface area contributed by atoms with Gasteiger partial charge in [0.25, 0.3) is 0 Å². The highest BCUT2D eigenvalue weighted by atomic mass is 32.2. The van der Waals surface area contributed by atoms with Crippen LogP contribution in [0.3, 0.4) is 0 Å². The van der Waals surface area contributed by atoms with Crippen molar-refractivity contribution in [1.29, 1.82) is 0 Å².